The van der Waals surface area contributed by atoms with E-state index in [0.29, 0.717) is 30.9 Å². The quantitative estimate of drug-likeness (QED) is 0.881. The molecule has 1 aliphatic rings. The molecule has 8 nitrogen and oxygen atoms in total. The van der Waals surface area contributed by atoms with Crippen LogP contribution in [0.25, 0.3) is 5.82 Å². The van der Waals surface area contributed by atoms with E-state index in [1.807, 2.05) is 6.92 Å². The molecule has 25 heavy (non-hydrogen) atoms. The zero-order chi connectivity index (χ0) is 17.6. The Hall–Kier alpha value is -2.77. The third-order valence-electron chi connectivity index (χ3n) is 4.20. The third kappa shape index (κ3) is 4.01. The molecule has 0 radical (unpaired) electrons. The van der Waals surface area contributed by atoms with E-state index >= 15 is 0 Å². The minimum Gasteiger partial charge on any atom is -0.352 e. The highest BCUT2D eigenvalue weighted by Gasteiger charge is 2.27. The molecular formula is C17H22N6O2. The lowest BCUT2D eigenvalue weighted by atomic mass is 10.0. The van der Waals surface area contributed by atoms with Gasteiger partial charge >= 0.3 is 0 Å². The Morgan fingerprint density at radius 1 is 1.40 bits per heavy atom. The molecule has 2 amide bonds. The van der Waals surface area contributed by atoms with Gasteiger partial charge in [0.05, 0.1) is 5.56 Å². The predicted octanol–water partition coefficient (Wildman–Crippen LogP) is 1.18. The number of nitrogens with zero attached hydrogens (tertiary/aromatic N) is 5. The van der Waals surface area contributed by atoms with Crippen LogP contribution in [0.2, 0.25) is 0 Å². The van der Waals surface area contributed by atoms with Crippen molar-refractivity contribution in [1.82, 2.24) is 30.0 Å². The van der Waals surface area contributed by atoms with Crippen molar-refractivity contribution < 1.29 is 9.59 Å². The molecule has 0 spiro atoms. The van der Waals surface area contributed by atoms with Crippen molar-refractivity contribution in [2.75, 3.05) is 13.1 Å². The highest BCUT2D eigenvalue weighted by Crippen LogP contribution is 2.17. The Kier molecular flexibility index (Phi) is 5.37. The number of carbonyl (C=O) groups is 2. The first-order chi connectivity index (χ1) is 12.2. The second kappa shape index (κ2) is 7.87. The molecule has 132 valence electrons. The number of nitrogens with one attached hydrogen (secondary N) is 1. The topological polar surface area (TPSA) is 93.0 Å². The number of pyridine rings is 1. The summed E-state index contributed by atoms with van der Waals surface area (Å²) in [5.74, 6) is 0.404. The van der Waals surface area contributed by atoms with Gasteiger partial charge in [-0.3, -0.25) is 9.59 Å². The van der Waals surface area contributed by atoms with Crippen molar-refractivity contribution in [3.05, 3.63) is 36.5 Å². The first-order valence-corrected chi connectivity index (χ1v) is 8.57. The van der Waals surface area contributed by atoms with E-state index < -0.39 is 0 Å². The maximum Gasteiger partial charge on any atom is 0.257 e. The average Bonchev–Trinajstić information content (AvgIpc) is 3.16. The third-order valence-corrected chi connectivity index (χ3v) is 4.20. The number of carbonyl (C=O) groups excluding carboxylic acids is 2. The molecule has 8 heteroatoms. The molecule has 0 unspecified atom stereocenters. The van der Waals surface area contributed by atoms with Crippen molar-refractivity contribution in [1.29, 1.82) is 0 Å². The van der Waals surface area contributed by atoms with Gasteiger partial charge in [0.2, 0.25) is 5.91 Å². The predicted molar refractivity (Wildman–Crippen MR) is 91.1 cm³/mol. The molecule has 2 aromatic rings. The lowest BCUT2D eigenvalue weighted by Gasteiger charge is -2.33. The molecule has 3 rings (SSSR count). The zero-order valence-electron chi connectivity index (χ0n) is 14.3. The minimum atomic E-state index is -0.104. The molecule has 3 heterocycles. The van der Waals surface area contributed by atoms with Gasteiger partial charge in [0.25, 0.3) is 5.91 Å². The van der Waals surface area contributed by atoms with E-state index in [0.717, 1.165) is 19.3 Å². The maximum atomic E-state index is 13.0. The van der Waals surface area contributed by atoms with E-state index in [1.165, 1.54) is 17.3 Å². The Bertz CT molecular complexity index is 730. The van der Waals surface area contributed by atoms with E-state index in [1.54, 1.807) is 23.2 Å². The Morgan fingerprint density at radius 3 is 3.04 bits per heavy atom. The summed E-state index contributed by atoms with van der Waals surface area (Å²) in [6, 6.07) is 3.48. The highest BCUT2D eigenvalue weighted by molar-refractivity contribution is 5.97. The highest BCUT2D eigenvalue weighted by atomic mass is 16.2. The van der Waals surface area contributed by atoms with E-state index in [-0.39, 0.29) is 17.9 Å². The van der Waals surface area contributed by atoms with Crippen LogP contribution in [-0.4, -0.2) is 55.6 Å². The second-order valence-electron chi connectivity index (χ2n) is 6.12. The lowest BCUT2D eigenvalue weighted by Crippen LogP contribution is -2.49. The number of hydrogen-bond acceptors (Lipinski definition) is 5. The van der Waals surface area contributed by atoms with Crippen molar-refractivity contribution in [3.8, 4) is 5.82 Å². The van der Waals surface area contributed by atoms with Crippen molar-refractivity contribution >= 4 is 11.8 Å². The first-order valence-electron chi connectivity index (χ1n) is 8.57. The molecule has 0 bridgehead atoms. The van der Waals surface area contributed by atoms with Crippen molar-refractivity contribution in [2.45, 2.75) is 38.6 Å². The van der Waals surface area contributed by atoms with Crippen molar-refractivity contribution in [3.63, 3.8) is 0 Å². The van der Waals surface area contributed by atoms with Crippen molar-refractivity contribution in [2.24, 2.45) is 0 Å². The van der Waals surface area contributed by atoms with Crippen LogP contribution in [0.5, 0.6) is 0 Å². The summed E-state index contributed by atoms with van der Waals surface area (Å²) in [6.45, 7) is 3.16. The fourth-order valence-corrected chi connectivity index (χ4v) is 3.04. The normalized spacial score (nSPS) is 17.3. The monoisotopic (exact) mass is 342 g/mol. The van der Waals surface area contributed by atoms with Gasteiger partial charge in [-0.2, -0.15) is 5.10 Å². The fraction of sp³-hybridized carbons (Fsp3) is 0.471. The van der Waals surface area contributed by atoms with Crippen LogP contribution in [0.3, 0.4) is 0 Å². The van der Waals surface area contributed by atoms with Crippen LogP contribution in [0, 0.1) is 0 Å². The molecular weight excluding hydrogens is 320 g/mol. The van der Waals surface area contributed by atoms with Gasteiger partial charge in [-0.1, -0.05) is 6.92 Å². The summed E-state index contributed by atoms with van der Waals surface area (Å²) < 4.78 is 1.48. The first kappa shape index (κ1) is 17.1. The van der Waals surface area contributed by atoms with Crippen LogP contribution in [0.4, 0.5) is 0 Å². The van der Waals surface area contributed by atoms with Crippen LogP contribution in [0.15, 0.2) is 31.0 Å². The number of aromatic nitrogens is 4. The number of hydrogen-bond donors (Lipinski definition) is 1. The van der Waals surface area contributed by atoms with Gasteiger partial charge in [0, 0.05) is 31.7 Å². The van der Waals surface area contributed by atoms with Gasteiger partial charge in [0.15, 0.2) is 5.82 Å². The summed E-state index contributed by atoms with van der Waals surface area (Å²) in [4.78, 5) is 34.8. The molecule has 2 aromatic heterocycles. The van der Waals surface area contributed by atoms with Gasteiger partial charge in [-0.05, 0) is 31.4 Å². The van der Waals surface area contributed by atoms with Gasteiger partial charge in [0.1, 0.15) is 12.7 Å². The molecule has 1 N–H and O–H groups in total. The Labute approximate surface area is 146 Å². The Balaban J connectivity index is 1.74. The number of amides is 2. The van der Waals surface area contributed by atoms with E-state index in [2.05, 4.69) is 20.4 Å². The van der Waals surface area contributed by atoms with Crippen LogP contribution >= 0.6 is 0 Å². The zero-order valence-corrected chi connectivity index (χ0v) is 14.3. The average molecular weight is 342 g/mol. The fourth-order valence-electron chi connectivity index (χ4n) is 3.04. The number of likely N-dealkylation sites (tertiary alicyclic amines) is 1. The SMILES string of the molecule is CCCC(=O)N[C@H]1CCCN(C(=O)c2cccnc2-n2cncn2)C1. The molecule has 1 saturated heterocycles. The standard InChI is InChI=1S/C17H22N6O2/c1-2-5-15(24)21-13-6-4-9-22(10-13)17(25)14-7-3-8-19-16(14)23-12-18-11-20-23/h3,7-8,11-13H,2,4-6,9-10H2,1H3,(H,21,24)/t13-/m0/s1. The minimum absolute atomic E-state index is 0.00300. The summed E-state index contributed by atoms with van der Waals surface area (Å²) in [7, 11) is 0. The van der Waals surface area contributed by atoms with Crippen LogP contribution in [-0.2, 0) is 4.79 Å². The molecule has 0 saturated carbocycles. The smallest absolute Gasteiger partial charge is 0.257 e. The molecule has 0 aliphatic carbocycles. The van der Waals surface area contributed by atoms with Crippen LogP contribution in [0.1, 0.15) is 43.0 Å². The molecule has 1 fully saturated rings. The van der Waals surface area contributed by atoms with Gasteiger partial charge in [-0.15, -0.1) is 0 Å². The summed E-state index contributed by atoms with van der Waals surface area (Å²) in [6.07, 6.45) is 7.63. The number of piperidine rings is 1. The number of rotatable bonds is 5. The van der Waals surface area contributed by atoms with Gasteiger partial charge < -0.3 is 10.2 Å². The molecule has 1 atom stereocenters. The summed E-state index contributed by atoms with van der Waals surface area (Å²) in [5.41, 5.74) is 0.480. The molecule has 0 aromatic carbocycles. The molecule has 1 aliphatic heterocycles. The lowest BCUT2D eigenvalue weighted by molar-refractivity contribution is -0.122. The van der Waals surface area contributed by atoms with Crippen LogP contribution < -0.4 is 5.32 Å². The maximum absolute atomic E-state index is 13.0. The van der Waals surface area contributed by atoms with Gasteiger partial charge in [-0.25, -0.2) is 14.6 Å². The summed E-state index contributed by atoms with van der Waals surface area (Å²) in [5, 5.41) is 7.09. The second-order valence-corrected chi connectivity index (χ2v) is 6.12. The van der Waals surface area contributed by atoms with E-state index in [4.69, 9.17) is 0 Å². The van der Waals surface area contributed by atoms with E-state index in [9.17, 15) is 9.59 Å². The largest absolute Gasteiger partial charge is 0.352 e. The summed E-state index contributed by atoms with van der Waals surface area (Å²) >= 11 is 0. The Morgan fingerprint density at radius 2 is 2.28 bits per heavy atom.